The van der Waals surface area contributed by atoms with Crippen LogP contribution in [0, 0.1) is 29.1 Å². The molecule has 1 N–H and O–H groups in total. The Kier molecular flexibility index (Phi) is 7.94. The zero-order valence-corrected chi connectivity index (χ0v) is 22.7. The van der Waals surface area contributed by atoms with Gasteiger partial charge in [0.15, 0.2) is 11.6 Å². The maximum atomic E-state index is 14.8. The molecule has 4 aromatic carbocycles. The molecule has 2 amide bonds. The molecule has 8 nitrogen and oxygen atoms in total. The van der Waals surface area contributed by atoms with Crippen molar-refractivity contribution in [1.29, 1.82) is 0 Å². The van der Waals surface area contributed by atoms with E-state index < -0.39 is 46.5 Å². The van der Waals surface area contributed by atoms with Gasteiger partial charge < -0.3 is 19.7 Å². The van der Waals surface area contributed by atoms with E-state index in [9.17, 15) is 26.7 Å². The fourth-order valence-electron chi connectivity index (χ4n) is 4.67. The molecule has 0 saturated carbocycles. The molecular weight excluding hydrogens is 585 g/mol. The summed E-state index contributed by atoms with van der Waals surface area (Å²) in [5, 5.41) is 2.38. The van der Waals surface area contributed by atoms with Gasteiger partial charge in [0.1, 0.15) is 40.5 Å². The lowest BCUT2D eigenvalue weighted by molar-refractivity contribution is 0.122. The first-order valence-corrected chi connectivity index (χ1v) is 13.3. The van der Waals surface area contributed by atoms with Gasteiger partial charge in [-0.15, -0.1) is 0 Å². The fraction of sp³-hybridized carbons (Fsp3) is 0.129. The molecule has 13 heteroatoms. The Bertz CT molecular complexity index is 1830. The van der Waals surface area contributed by atoms with E-state index in [1.54, 1.807) is 24.4 Å². The Morgan fingerprint density at radius 3 is 2.30 bits per heavy atom. The normalized spacial score (nSPS) is 13.2. The van der Waals surface area contributed by atoms with E-state index in [1.807, 2.05) is 4.90 Å². The zero-order valence-electron chi connectivity index (χ0n) is 22.7. The van der Waals surface area contributed by atoms with Crippen molar-refractivity contribution in [2.45, 2.75) is 0 Å². The smallest absolute Gasteiger partial charge is 0.331 e. The first-order chi connectivity index (χ1) is 21.2. The Morgan fingerprint density at radius 1 is 0.841 bits per heavy atom. The molecule has 0 atom stereocenters. The van der Waals surface area contributed by atoms with E-state index in [0.29, 0.717) is 54.1 Å². The van der Waals surface area contributed by atoms with Crippen molar-refractivity contribution in [2.24, 2.45) is 0 Å². The van der Waals surface area contributed by atoms with Crippen LogP contribution in [0.4, 0.5) is 49.6 Å². The summed E-state index contributed by atoms with van der Waals surface area (Å²) in [5.74, 6) is -4.68. The van der Waals surface area contributed by atoms with Crippen molar-refractivity contribution in [1.82, 2.24) is 9.97 Å². The molecule has 1 aliphatic rings. The number of nitrogens with zero attached hydrogens (tertiary/aromatic N) is 4. The standard InChI is InChI=1S/C31H22F5N5O3/c32-18-12-19(33)14-21(13-18)41(30-24(35)2-1-3-25(30)36)31(42)38-20-4-6-23(34)28(15-20)44-22-5-7-26-27(16-22)39-29(17-37-26)40-8-10-43-11-9-40/h1-7,12-17H,8-11H2,(H,38,42). The second kappa shape index (κ2) is 12.1. The lowest BCUT2D eigenvalue weighted by atomic mass is 10.2. The summed E-state index contributed by atoms with van der Waals surface area (Å²) in [5.41, 5.74) is -0.315. The van der Waals surface area contributed by atoms with Gasteiger partial charge in [-0.25, -0.2) is 31.7 Å². The molecule has 1 fully saturated rings. The van der Waals surface area contributed by atoms with Crippen LogP contribution in [-0.4, -0.2) is 42.3 Å². The van der Waals surface area contributed by atoms with Gasteiger partial charge in [0, 0.05) is 37.0 Å². The Labute approximate surface area is 247 Å². The van der Waals surface area contributed by atoms with E-state index in [4.69, 9.17) is 9.47 Å². The summed E-state index contributed by atoms with van der Waals surface area (Å²) in [6, 6.07) is 11.8. The minimum Gasteiger partial charge on any atom is -0.454 e. The zero-order chi connectivity index (χ0) is 30.8. The first kappa shape index (κ1) is 28.8. The number of nitrogens with one attached hydrogen (secondary N) is 1. The van der Waals surface area contributed by atoms with E-state index >= 15 is 0 Å². The van der Waals surface area contributed by atoms with Crippen LogP contribution < -0.4 is 19.9 Å². The number of aromatic nitrogens is 2. The summed E-state index contributed by atoms with van der Waals surface area (Å²) in [6.07, 6.45) is 1.66. The molecule has 0 unspecified atom stereocenters. The molecule has 6 rings (SSSR count). The number of halogens is 5. The number of carbonyl (C=O) groups excluding carboxylic acids is 1. The highest BCUT2D eigenvalue weighted by molar-refractivity contribution is 6.07. The largest absolute Gasteiger partial charge is 0.454 e. The number of carbonyl (C=O) groups is 1. The number of fused-ring (bicyclic) bond motifs is 1. The molecule has 0 radical (unpaired) electrons. The van der Waals surface area contributed by atoms with E-state index in [-0.39, 0.29) is 17.2 Å². The molecule has 5 aromatic rings. The summed E-state index contributed by atoms with van der Waals surface area (Å²) in [6.45, 7) is 2.47. The van der Waals surface area contributed by atoms with E-state index in [0.717, 1.165) is 42.5 Å². The number of morpholine rings is 1. The van der Waals surface area contributed by atoms with Gasteiger partial charge in [-0.2, -0.15) is 0 Å². The monoisotopic (exact) mass is 607 g/mol. The van der Waals surface area contributed by atoms with Crippen molar-refractivity contribution >= 4 is 39.9 Å². The molecule has 0 bridgehead atoms. The van der Waals surface area contributed by atoms with Crippen molar-refractivity contribution in [2.75, 3.05) is 41.4 Å². The maximum absolute atomic E-state index is 14.8. The maximum Gasteiger partial charge on any atom is 0.331 e. The molecule has 1 saturated heterocycles. The Balaban J connectivity index is 1.28. The average Bonchev–Trinajstić information content (AvgIpc) is 3.00. The van der Waals surface area contributed by atoms with Crippen molar-refractivity contribution in [3.05, 3.63) is 108 Å². The van der Waals surface area contributed by atoms with Gasteiger partial charge in [-0.1, -0.05) is 6.07 Å². The van der Waals surface area contributed by atoms with Crippen LogP contribution in [0.15, 0.2) is 79.0 Å². The van der Waals surface area contributed by atoms with Crippen molar-refractivity contribution < 1.29 is 36.2 Å². The third kappa shape index (κ3) is 6.08. The highest BCUT2D eigenvalue weighted by Gasteiger charge is 2.26. The highest BCUT2D eigenvalue weighted by atomic mass is 19.1. The molecular formula is C31H22F5N5O3. The summed E-state index contributed by atoms with van der Waals surface area (Å²) in [7, 11) is 0. The number of hydrogen-bond acceptors (Lipinski definition) is 6. The van der Waals surface area contributed by atoms with Crippen molar-refractivity contribution in [3.63, 3.8) is 0 Å². The van der Waals surface area contributed by atoms with Crippen molar-refractivity contribution in [3.8, 4) is 11.5 Å². The Morgan fingerprint density at radius 2 is 1.57 bits per heavy atom. The summed E-state index contributed by atoms with van der Waals surface area (Å²) >= 11 is 0. The fourth-order valence-corrected chi connectivity index (χ4v) is 4.67. The van der Waals surface area contributed by atoms with Gasteiger partial charge in [0.25, 0.3) is 0 Å². The number of benzene rings is 4. The predicted octanol–water partition coefficient (Wildman–Crippen LogP) is 7.32. The van der Waals surface area contributed by atoms with Crippen LogP contribution in [0.3, 0.4) is 0 Å². The predicted molar refractivity (Wildman–Crippen MR) is 153 cm³/mol. The summed E-state index contributed by atoms with van der Waals surface area (Å²) < 4.78 is 83.6. The quantitative estimate of drug-likeness (QED) is 0.204. The van der Waals surface area contributed by atoms with Gasteiger partial charge in [0.05, 0.1) is 36.1 Å². The molecule has 1 aromatic heterocycles. The average molecular weight is 608 g/mol. The van der Waals surface area contributed by atoms with Gasteiger partial charge in [-0.05, 0) is 48.5 Å². The minimum absolute atomic E-state index is 0.0415. The molecule has 0 aliphatic carbocycles. The van der Waals surface area contributed by atoms with Gasteiger partial charge >= 0.3 is 6.03 Å². The number of ether oxygens (including phenoxy) is 2. The van der Waals surface area contributed by atoms with Crippen LogP contribution in [0.1, 0.15) is 0 Å². The van der Waals surface area contributed by atoms with Gasteiger partial charge in [0.2, 0.25) is 0 Å². The van der Waals surface area contributed by atoms with E-state index in [1.165, 1.54) is 6.07 Å². The number of para-hydroxylation sites is 1. The van der Waals surface area contributed by atoms with Crippen LogP contribution in [0.2, 0.25) is 0 Å². The first-order valence-electron chi connectivity index (χ1n) is 13.3. The Hall–Kier alpha value is -5.30. The number of amides is 2. The number of hydrogen-bond donors (Lipinski definition) is 1. The number of rotatable bonds is 6. The molecule has 224 valence electrons. The van der Waals surface area contributed by atoms with Crippen LogP contribution in [0.5, 0.6) is 11.5 Å². The second-order valence-electron chi connectivity index (χ2n) is 9.69. The minimum atomic E-state index is -1.19. The van der Waals surface area contributed by atoms with Gasteiger partial charge in [-0.3, -0.25) is 9.88 Å². The lowest BCUT2D eigenvalue weighted by Crippen LogP contribution is -2.36. The topological polar surface area (TPSA) is 79.8 Å². The second-order valence-corrected chi connectivity index (χ2v) is 9.69. The lowest BCUT2D eigenvalue weighted by Gasteiger charge is -2.27. The van der Waals surface area contributed by atoms with Crippen LogP contribution >= 0.6 is 0 Å². The summed E-state index contributed by atoms with van der Waals surface area (Å²) in [4.78, 5) is 24.9. The highest BCUT2D eigenvalue weighted by Crippen LogP contribution is 2.34. The number of urea groups is 1. The third-order valence-corrected chi connectivity index (χ3v) is 6.72. The SMILES string of the molecule is O=C(Nc1ccc(F)c(Oc2ccc3ncc(N4CCOCC4)nc3c2)c1)N(c1cc(F)cc(F)c1)c1c(F)cccc1F. The van der Waals surface area contributed by atoms with Crippen LogP contribution in [0.25, 0.3) is 11.0 Å². The van der Waals surface area contributed by atoms with Crippen LogP contribution in [-0.2, 0) is 4.74 Å². The molecule has 1 aliphatic heterocycles. The molecule has 44 heavy (non-hydrogen) atoms. The van der Waals surface area contributed by atoms with E-state index in [2.05, 4.69) is 15.3 Å². The number of anilines is 4. The molecule has 0 spiro atoms. The third-order valence-electron chi connectivity index (χ3n) is 6.72. The molecule has 2 heterocycles.